The van der Waals surface area contributed by atoms with E-state index in [1.807, 2.05) is 32.9 Å². The fraction of sp³-hybridized carbons (Fsp3) is 0.794. The van der Waals surface area contributed by atoms with Gasteiger partial charge in [0.05, 0.1) is 31.5 Å². The van der Waals surface area contributed by atoms with Crippen LogP contribution in [0.4, 0.5) is 8.78 Å². The molecule has 1 N–H and O–H groups in total. The van der Waals surface area contributed by atoms with Crippen LogP contribution in [0, 0.1) is 5.82 Å². The molecular formula is C63H107F2NO9. The molecule has 1 amide bonds. The van der Waals surface area contributed by atoms with E-state index in [2.05, 4.69) is 45.1 Å². The fourth-order valence-corrected chi connectivity index (χ4v) is 9.58. The normalized spacial score (nSPS) is 17.5. The van der Waals surface area contributed by atoms with Gasteiger partial charge in [-0.05, 0) is 108 Å². The Bertz CT molecular complexity index is 1650. The van der Waals surface area contributed by atoms with Crippen molar-refractivity contribution in [3.05, 3.63) is 59.9 Å². The Labute approximate surface area is 455 Å². The Kier molecular flexibility index (Phi) is 37.5. The number of carbonyl (C=O) groups excluding carboxylic acids is 1. The minimum Gasteiger partial charge on any atom is -0.457 e. The van der Waals surface area contributed by atoms with Gasteiger partial charge in [-0.3, -0.25) is 4.79 Å². The van der Waals surface area contributed by atoms with Crippen molar-refractivity contribution in [3.8, 4) is 11.5 Å². The molecule has 2 aromatic carbocycles. The Morgan fingerprint density at radius 1 is 0.600 bits per heavy atom. The smallest absolute Gasteiger partial charge is 0.220 e. The molecule has 0 radical (unpaired) electrons. The molecule has 0 saturated carbocycles. The van der Waals surface area contributed by atoms with E-state index in [1.54, 1.807) is 12.1 Å². The van der Waals surface area contributed by atoms with Gasteiger partial charge in [0.2, 0.25) is 5.91 Å². The molecule has 75 heavy (non-hydrogen) atoms. The molecule has 0 bridgehead atoms. The largest absolute Gasteiger partial charge is 0.457 e. The number of carbonyl (C=O) groups is 1. The van der Waals surface area contributed by atoms with Crippen LogP contribution in [0.2, 0.25) is 0 Å². The maximum atomic E-state index is 14.9. The Morgan fingerprint density at radius 3 is 1.71 bits per heavy atom. The number of amides is 1. The second-order valence-corrected chi connectivity index (χ2v) is 21.7. The molecule has 7 atom stereocenters. The van der Waals surface area contributed by atoms with Gasteiger partial charge in [0.1, 0.15) is 42.3 Å². The molecule has 12 heteroatoms. The van der Waals surface area contributed by atoms with Crippen molar-refractivity contribution >= 4 is 5.91 Å². The SMILES string of the molecule is CCCCCCCCCCCCCC[C@H]1OC(C)(C)O[C@H]1[C@H](CO[C@@H](OC(CF)[C@H](C)OCCCC)[C@H](COCCCC)OCCCC)NC(=O)CCCCCCCCCCc1ccc(Oc2ccc(F)cc2)cc1. The number of ether oxygens (including phenoxy) is 8. The summed E-state index contributed by atoms with van der Waals surface area (Å²) in [5.41, 5.74) is 1.28. The molecule has 1 saturated heterocycles. The highest BCUT2D eigenvalue weighted by atomic mass is 19.1. The highest BCUT2D eigenvalue weighted by Gasteiger charge is 2.46. The lowest BCUT2D eigenvalue weighted by Crippen LogP contribution is -2.52. The Hall–Kier alpha value is -2.71. The lowest BCUT2D eigenvalue weighted by molar-refractivity contribution is -0.256. The van der Waals surface area contributed by atoms with E-state index in [9.17, 15) is 13.6 Å². The summed E-state index contributed by atoms with van der Waals surface area (Å²) in [6.07, 6.45) is 27.9. The third-order valence-corrected chi connectivity index (χ3v) is 14.3. The van der Waals surface area contributed by atoms with Crippen LogP contribution >= 0.6 is 0 Å². The zero-order valence-corrected chi connectivity index (χ0v) is 48.3. The van der Waals surface area contributed by atoms with E-state index in [1.165, 1.54) is 101 Å². The molecule has 0 spiro atoms. The van der Waals surface area contributed by atoms with Gasteiger partial charge >= 0.3 is 0 Å². The van der Waals surface area contributed by atoms with Crippen molar-refractivity contribution < 1.29 is 51.5 Å². The zero-order valence-electron chi connectivity index (χ0n) is 48.3. The second kappa shape index (κ2) is 42.3. The van der Waals surface area contributed by atoms with Crippen LogP contribution in [-0.4, -0.2) is 94.3 Å². The van der Waals surface area contributed by atoms with Crippen LogP contribution in [0.15, 0.2) is 48.5 Å². The van der Waals surface area contributed by atoms with Gasteiger partial charge < -0.3 is 43.2 Å². The minimum absolute atomic E-state index is 0.0493. The van der Waals surface area contributed by atoms with E-state index in [-0.39, 0.29) is 31.0 Å². The second-order valence-electron chi connectivity index (χ2n) is 21.7. The van der Waals surface area contributed by atoms with E-state index in [0.29, 0.717) is 32.0 Å². The van der Waals surface area contributed by atoms with Gasteiger partial charge in [0, 0.05) is 26.2 Å². The van der Waals surface area contributed by atoms with Crippen LogP contribution in [0.1, 0.15) is 234 Å². The molecular weight excluding hydrogens is 953 g/mol. The standard InChI is InChI=1S/C63H107F2NO9/c1-8-12-16-17-18-19-20-21-22-26-29-32-35-57-61(75-63(6,7)74-57)56(49-71-62(73-58(48-64)51(5)69-46-14-10-3)59(70-47-15-11-4)50-68-45-13-9-2)66-60(67)36-33-30-27-24-23-25-28-31-34-52-37-41-54(42-38-52)72-55-43-39-53(65)40-44-55/h37-44,51,56-59,61-62H,8-36,45-50H2,1-7H3,(H,66,67)/t51-,56-,57+,58?,59-,61-,62-/m0/s1. The van der Waals surface area contributed by atoms with Crippen LogP contribution in [-0.2, 0) is 44.4 Å². The number of aryl methyl sites for hydroxylation is 1. The number of hydrogen-bond donors (Lipinski definition) is 1. The van der Waals surface area contributed by atoms with Crippen molar-refractivity contribution in [2.45, 2.75) is 283 Å². The monoisotopic (exact) mass is 1060 g/mol. The van der Waals surface area contributed by atoms with E-state index >= 15 is 0 Å². The predicted molar refractivity (Wildman–Crippen MR) is 301 cm³/mol. The van der Waals surface area contributed by atoms with Gasteiger partial charge in [-0.2, -0.15) is 0 Å². The van der Waals surface area contributed by atoms with Gasteiger partial charge in [0.25, 0.3) is 0 Å². The lowest BCUT2D eigenvalue weighted by Gasteiger charge is -2.34. The van der Waals surface area contributed by atoms with Crippen molar-refractivity contribution in [1.82, 2.24) is 5.32 Å². The number of nitrogens with one attached hydrogen (secondary N) is 1. The Morgan fingerprint density at radius 2 is 1.12 bits per heavy atom. The first-order valence-electron chi connectivity index (χ1n) is 30.3. The van der Waals surface area contributed by atoms with Crippen molar-refractivity contribution in [2.24, 2.45) is 0 Å². The zero-order chi connectivity index (χ0) is 54.2. The summed E-state index contributed by atoms with van der Waals surface area (Å²) in [6.45, 7) is 15.4. The number of alkyl halides is 1. The summed E-state index contributed by atoms with van der Waals surface area (Å²) in [5, 5.41) is 3.34. The molecule has 3 rings (SSSR count). The molecule has 1 aliphatic heterocycles. The molecule has 0 aliphatic carbocycles. The van der Waals surface area contributed by atoms with Crippen molar-refractivity contribution in [2.75, 3.05) is 39.7 Å². The highest BCUT2D eigenvalue weighted by molar-refractivity contribution is 5.76. The summed E-state index contributed by atoms with van der Waals surface area (Å²) in [7, 11) is 0. The maximum absolute atomic E-state index is 14.9. The van der Waals surface area contributed by atoms with Crippen LogP contribution in [0.25, 0.3) is 0 Å². The predicted octanol–water partition coefficient (Wildman–Crippen LogP) is 16.7. The number of unbranched alkanes of at least 4 members (excludes halogenated alkanes) is 21. The number of benzene rings is 2. The summed E-state index contributed by atoms with van der Waals surface area (Å²) in [6, 6.07) is 13.6. The first-order chi connectivity index (χ1) is 36.5. The van der Waals surface area contributed by atoms with E-state index in [0.717, 1.165) is 102 Å². The van der Waals surface area contributed by atoms with Crippen LogP contribution < -0.4 is 10.1 Å². The molecule has 1 aliphatic rings. The van der Waals surface area contributed by atoms with Crippen LogP contribution in [0.3, 0.4) is 0 Å². The van der Waals surface area contributed by atoms with Gasteiger partial charge in [-0.25, -0.2) is 8.78 Å². The van der Waals surface area contributed by atoms with Gasteiger partial charge in [-0.1, -0.05) is 175 Å². The third kappa shape index (κ3) is 30.9. The molecule has 1 fully saturated rings. The third-order valence-electron chi connectivity index (χ3n) is 14.3. The number of hydrogen-bond acceptors (Lipinski definition) is 9. The van der Waals surface area contributed by atoms with Crippen molar-refractivity contribution in [3.63, 3.8) is 0 Å². The lowest BCUT2D eigenvalue weighted by atomic mass is 9.99. The summed E-state index contributed by atoms with van der Waals surface area (Å²) in [5.74, 6) is 0.185. The molecule has 0 aromatic heterocycles. The minimum atomic E-state index is -0.993. The molecule has 2 aromatic rings. The van der Waals surface area contributed by atoms with E-state index < -0.39 is 49.2 Å². The van der Waals surface area contributed by atoms with Gasteiger partial charge in [-0.15, -0.1) is 0 Å². The summed E-state index contributed by atoms with van der Waals surface area (Å²) < 4.78 is 79.1. The topological polar surface area (TPSA) is 103 Å². The van der Waals surface area contributed by atoms with Crippen molar-refractivity contribution in [1.29, 1.82) is 0 Å². The van der Waals surface area contributed by atoms with Gasteiger partial charge in [0.15, 0.2) is 12.1 Å². The molecule has 10 nitrogen and oxygen atoms in total. The number of halogens is 2. The summed E-state index contributed by atoms with van der Waals surface area (Å²) in [4.78, 5) is 14.0. The van der Waals surface area contributed by atoms with Crippen LogP contribution in [0.5, 0.6) is 11.5 Å². The first kappa shape index (κ1) is 66.6. The fourth-order valence-electron chi connectivity index (χ4n) is 9.58. The molecule has 432 valence electrons. The first-order valence-corrected chi connectivity index (χ1v) is 30.3. The Balaban J connectivity index is 1.61. The summed E-state index contributed by atoms with van der Waals surface area (Å²) >= 11 is 0. The number of rotatable bonds is 49. The maximum Gasteiger partial charge on any atom is 0.220 e. The average molecular weight is 1060 g/mol. The quantitative estimate of drug-likeness (QED) is 0.0513. The average Bonchev–Trinajstić information content (AvgIpc) is 3.72. The van der Waals surface area contributed by atoms with E-state index in [4.69, 9.17) is 37.9 Å². The molecule has 1 unspecified atom stereocenters. The molecule has 1 heterocycles. The highest BCUT2D eigenvalue weighted by Crippen LogP contribution is 2.34.